The molecule has 2 aromatic carbocycles. The Morgan fingerprint density at radius 3 is 1.76 bits per heavy atom. The van der Waals surface area contributed by atoms with E-state index in [-0.39, 0.29) is 11.1 Å². The van der Waals surface area contributed by atoms with Crippen molar-refractivity contribution in [3.05, 3.63) is 84.0 Å². The van der Waals surface area contributed by atoms with Gasteiger partial charge in [0.15, 0.2) is 46.6 Å². The molecule has 0 aromatic heterocycles. The summed E-state index contributed by atoms with van der Waals surface area (Å²) in [6.07, 6.45) is -2.76. The molecule has 0 spiro atoms. The normalized spacial score (nSPS) is 24.5. The third-order valence-electron chi connectivity index (χ3n) is 7.48. The molecule has 49 heavy (non-hydrogen) atoms. The van der Waals surface area contributed by atoms with E-state index in [1.54, 1.807) is 0 Å². The lowest BCUT2D eigenvalue weighted by atomic mass is 9.76. The number of allylic oxidation sites excluding steroid dienone is 2. The first-order chi connectivity index (χ1) is 23.0. The van der Waals surface area contributed by atoms with Crippen LogP contribution in [0, 0.1) is 0 Å². The van der Waals surface area contributed by atoms with Gasteiger partial charge in [0.1, 0.15) is 17.8 Å². The molecule has 0 amide bonds. The maximum absolute atomic E-state index is 13.1. The molecule has 16 nitrogen and oxygen atoms in total. The number of aliphatic hydroxyl groups excluding tert-OH is 1. The van der Waals surface area contributed by atoms with Crippen molar-refractivity contribution in [1.82, 2.24) is 0 Å². The van der Waals surface area contributed by atoms with Gasteiger partial charge in [0.2, 0.25) is 0 Å². The van der Waals surface area contributed by atoms with E-state index >= 15 is 0 Å². The van der Waals surface area contributed by atoms with E-state index in [0.29, 0.717) is 0 Å². The fourth-order valence-corrected chi connectivity index (χ4v) is 4.89. The number of esters is 3. The van der Waals surface area contributed by atoms with Crippen LogP contribution in [-0.4, -0.2) is 106 Å². The largest absolute Gasteiger partial charge is 0.504 e. The Balaban J connectivity index is 1.65. The second-order valence-electron chi connectivity index (χ2n) is 11.1. The number of phenolic OH excluding ortho intramolecular Hbond substituents is 4. The van der Waals surface area contributed by atoms with Crippen molar-refractivity contribution in [3.63, 3.8) is 0 Å². The van der Waals surface area contributed by atoms with Crippen molar-refractivity contribution in [2.45, 2.75) is 48.5 Å². The lowest BCUT2D eigenvalue weighted by molar-refractivity contribution is -0.244. The third kappa shape index (κ3) is 8.69. The van der Waals surface area contributed by atoms with Crippen LogP contribution in [0.4, 0.5) is 0 Å². The van der Waals surface area contributed by atoms with Gasteiger partial charge in [-0.05, 0) is 71.8 Å². The lowest BCUT2D eigenvalue weighted by Crippen LogP contribution is -2.68. The van der Waals surface area contributed by atoms with E-state index in [4.69, 9.17) is 14.2 Å². The smallest absolute Gasteiger partial charge is 0.338 e. The van der Waals surface area contributed by atoms with Gasteiger partial charge in [-0.25, -0.2) is 14.4 Å². The van der Waals surface area contributed by atoms with E-state index in [1.165, 1.54) is 12.1 Å². The van der Waals surface area contributed by atoms with Gasteiger partial charge in [-0.3, -0.25) is 9.59 Å². The number of aliphatic hydroxyl groups is 3. The number of hydrogen-bond acceptors (Lipinski definition) is 15. The maximum atomic E-state index is 13.1. The molecule has 1 fully saturated rings. The van der Waals surface area contributed by atoms with Crippen molar-refractivity contribution >= 4 is 41.8 Å². The molecule has 0 radical (unpaired) electrons. The van der Waals surface area contributed by atoms with E-state index in [9.17, 15) is 64.8 Å². The molecule has 0 aliphatic heterocycles. The Bertz CT molecular complexity index is 1760. The number of carboxylic acid groups (broad SMARTS) is 1. The highest BCUT2D eigenvalue weighted by Gasteiger charge is 2.61. The molecule has 0 unspecified atom stereocenters. The molecule has 2 aliphatic carbocycles. The number of ketones is 1. The van der Waals surface area contributed by atoms with Crippen LogP contribution in [-0.2, 0) is 38.2 Å². The van der Waals surface area contributed by atoms with Crippen LogP contribution in [0.2, 0.25) is 0 Å². The molecule has 1 saturated carbocycles. The lowest BCUT2D eigenvalue weighted by Gasteiger charge is -2.45. The Kier molecular flexibility index (Phi) is 10.6. The molecule has 16 heteroatoms. The Hall–Kier alpha value is -5.97. The summed E-state index contributed by atoms with van der Waals surface area (Å²) >= 11 is 0. The number of ether oxygens (including phenoxy) is 3. The molecule has 0 heterocycles. The van der Waals surface area contributed by atoms with Crippen LogP contribution in [0.15, 0.2) is 72.9 Å². The first-order valence-corrected chi connectivity index (χ1v) is 14.3. The number of carbonyl (C=O) groups is 5. The highest BCUT2D eigenvalue weighted by molar-refractivity contribution is 6.00. The van der Waals surface area contributed by atoms with Gasteiger partial charge in [0.25, 0.3) is 0 Å². The van der Waals surface area contributed by atoms with Crippen molar-refractivity contribution in [1.29, 1.82) is 0 Å². The molecule has 2 aromatic rings. The van der Waals surface area contributed by atoms with Gasteiger partial charge in [-0.2, -0.15) is 0 Å². The van der Waals surface area contributed by atoms with Gasteiger partial charge in [-0.1, -0.05) is 12.1 Å². The minimum atomic E-state index is -3.13. The minimum absolute atomic E-state index is 0.183. The molecule has 0 saturated heterocycles. The number of hydrogen-bond donors (Lipinski definition) is 8. The number of rotatable bonds is 10. The monoisotopic (exact) mass is 682 g/mol. The first kappa shape index (κ1) is 35.9. The molecule has 4 rings (SSSR count). The minimum Gasteiger partial charge on any atom is -0.504 e. The average Bonchev–Trinajstić information content (AvgIpc) is 3.04. The summed E-state index contributed by atoms with van der Waals surface area (Å²) in [5.74, 6) is -8.18. The van der Waals surface area contributed by atoms with Gasteiger partial charge in [0.05, 0.1) is 6.42 Å². The number of carboxylic acids is 1. The number of phenols is 4. The van der Waals surface area contributed by atoms with E-state index in [1.807, 2.05) is 0 Å². The summed E-state index contributed by atoms with van der Waals surface area (Å²) < 4.78 is 16.0. The van der Waals surface area contributed by atoms with Crippen molar-refractivity contribution < 1.29 is 79.0 Å². The third-order valence-corrected chi connectivity index (χ3v) is 7.48. The van der Waals surface area contributed by atoms with E-state index in [2.05, 4.69) is 0 Å². The predicted molar refractivity (Wildman–Crippen MR) is 163 cm³/mol. The standard InChI is InChI=1S/C33H30O16/c34-19-9-11-32(45,12-10-19)16-27(41)49-28-24(47-25(39)7-3-17-1-5-20(35)22(37)13-17)15-33(46,31(43)44)30(42)29(28)48-26(40)8-4-18-2-6-21(36)23(38)14-18/h1-14,24,28-30,35-38,42,45-46H,15-16H2,(H,43,44)/b7-3+,8-4+/t24-,28-,29+,30-,33+/m1/s1. The Morgan fingerprint density at radius 2 is 1.27 bits per heavy atom. The summed E-state index contributed by atoms with van der Waals surface area (Å²) in [6.45, 7) is 0. The zero-order valence-electron chi connectivity index (χ0n) is 25.2. The van der Waals surface area contributed by atoms with Gasteiger partial charge in [0, 0.05) is 18.6 Å². The fraction of sp³-hybridized carbons (Fsp3) is 0.242. The zero-order chi connectivity index (χ0) is 36.1. The van der Waals surface area contributed by atoms with Crippen LogP contribution in [0.3, 0.4) is 0 Å². The fourth-order valence-electron chi connectivity index (χ4n) is 4.89. The quantitative estimate of drug-likeness (QED) is 0.0727. The topological polar surface area (TPSA) is 275 Å². The number of carbonyl (C=O) groups excluding carboxylic acids is 4. The highest BCUT2D eigenvalue weighted by atomic mass is 16.6. The highest BCUT2D eigenvalue weighted by Crippen LogP contribution is 2.36. The summed E-state index contributed by atoms with van der Waals surface area (Å²) in [7, 11) is 0. The van der Waals surface area contributed by atoms with Crippen LogP contribution < -0.4 is 0 Å². The second-order valence-corrected chi connectivity index (χ2v) is 11.1. The van der Waals surface area contributed by atoms with Gasteiger partial charge < -0.3 is 55.1 Å². The molecular formula is C33H30O16. The maximum Gasteiger partial charge on any atom is 0.338 e. The zero-order valence-corrected chi connectivity index (χ0v) is 25.2. The van der Waals surface area contributed by atoms with E-state index in [0.717, 1.165) is 72.9 Å². The first-order valence-electron chi connectivity index (χ1n) is 14.3. The van der Waals surface area contributed by atoms with Crippen LogP contribution in [0.25, 0.3) is 12.2 Å². The second kappa shape index (κ2) is 14.4. The van der Waals surface area contributed by atoms with Crippen LogP contribution in [0.1, 0.15) is 24.0 Å². The van der Waals surface area contributed by atoms with Crippen molar-refractivity contribution in [2.24, 2.45) is 0 Å². The Morgan fingerprint density at radius 1 is 0.755 bits per heavy atom. The SMILES string of the molecule is O=C1C=CC(O)(CC(=O)O[C@H]2[C@H](OC(=O)/C=C/c3ccc(O)c(O)c3)[C@@H](O)[C@](O)(C(=O)O)C[C@H]2OC(=O)/C=C/c2ccc(O)c(O)c2)C=C1. The molecular weight excluding hydrogens is 652 g/mol. The number of aliphatic carboxylic acids is 1. The van der Waals surface area contributed by atoms with E-state index < -0.39 is 101 Å². The summed E-state index contributed by atoms with van der Waals surface area (Å²) in [6, 6.07) is 7.04. The molecule has 5 atom stereocenters. The van der Waals surface area contributed by atoms with Crippen LogP contribution in [0.5, 0.6) is 23.0 Å². The van der Waals surface area contributed by atoms with Crippen molar-refractivity contribution in [2.75, 3.05) is 0 Å². The number of aromatic hydroxyl groups is 4. The predicted octanol–water partition coefficient (Wildman–Crippen LogP) is 0.368. The molecule has 258 valence electrons. The summed E-state index contributed by atoms with van der Waals surface area (Å²) in [4.78, 5) is 62.5. The molecule has 0 bridgehead atoms. The molecule has 2 aliphatic rings. The van der Waals surface area contributed by atoms with Crippen molar-refractivity contribution in [3.8, 4) is 23.0 Å². The molecule has 8 N–H and O–H groups in total. The Labute approximate surface area is 276 Å². The van der Waals surface area contributed by atoms with Gasteiger partial charge >= 0.3 is 23.9 Å². The summed E-state index contributed by atoms with van der Waals surface area (Å²) in [5.41, 5.74) is -4.76. The van der Waals surface area contributed by atoms with Crippen LogP contribution >= 0.6 is 0 Å². The average molecular weight is 683 g/mol. The van der Waals surface area contributed by atoms with Gasteiger partial charge in [-0.15, -0.1) is 0 Å². The summed E-state index contributed by atoms with van der Waals surface area (Å²) in [5, 5.41) is 80.9. The number of benzene rings is 2.